The minimum atomic E-state index is -1.78. The van der Waals surface area contributed by atoms with Crippen molar-refractivity contribution in [1.29, 1.82) is 0 Å². The first kappa shape index (κ1) is 31.1. The average molecular weight is 585 g/mol. The highest BCUT2D eigenvalue weighted by Crippen LogP contribution is 2.68. The molecule has 0 aromatic carbocycles. The molecule has 1 heterocycles. The monoisotopic (exact) mass is 584 g/mol. The Morgan fingerprint density at radius 3 is 2.29 bits per heavy atom. The Morgan fingerprint density at radius 1 is 0.927 bits per heavy atom. The first-order valence-corrected chi connectivity index (χ1v) is 15.4. The van der Waals surface area contributed by atoms with E-state index in [-0.39, 0.29) is 52.8 Å². The number of fused-ring (bicyclic) bond motifs is 5. The van der Waals surface area contributed by atoms with Gasteiger partial charge in [-0.05, 0) is 97.7 Å². The van der Waals surface area contributed by atoms with Crippen molar-refractivity contribution in [2.45, 2.75) is 128 Å². The molecular formula is C30H48O11. The predicted octanol–water partition coefficient (Wildman–Crippen LogP) is 1.37. The lowest BCUT2D eigenvalue weighted by molar-refractivity contribution is -0.310. The van der Waals surface area contributed by atoms with E-state index in [1.54, 1.807) is 0 Å². The lowest BCUT2D eigenvalue weighted by Gasteiger charge is -2.63. The third-order valence-electron chi connectivity index (χ3n) is 12.5. The van der Waals surface area contributed by atoms with E-state index in [2.05, 4.69) is 20.8 Å². The van der Waals surface area contributed by atoms with Crippen LogP contribution in [0.25, 0.3) is 0 Å². The normalized spacial score (nSPS) is 52.1. The molecule has 0 spiro atoms. The van der Waals surface area contributed by atoms with Gasteiger partial charge in [-0.1, -0.05) is 20.8 Å². The Bertz CT molecular complexity index is 991. The van der Waals surface area contributed by atoms with E-state index in [0.29, 0.717) is 32.1 Å². The molecule has 5 fully saturated rings. The van der Waals surface area contributed by atoms with Gasteiger partial charge in [0.15, 0.2) is 12.4 Å². The number of hydrogen-bond donors (Lipinski definition) is 7. The van der Waals surface area contributed by atoms with Crippen molar-refractivity contribution in [3.8, 4) is 0 Å². The highest BCUT2D eigenvalue weighted by molar-refractivity contribution is 5.73. The molecule has 0 amide bonds. The predicted molar refractivity (Wildman–Crippen MR) is 143 cm³/mol. The van der Waals surface area contributed by atoms with Crippen LogP contribution in [0.15, 0.2) is 0 Å². The molecule has 11 nitrogen and oxygen atoms in total. The lowest BCUT2D eigenvalue weighted by atomic mass is 9.43. The first-order chi connectivity index (χ1) is 19.2. The largest absolute Gasteiger partial charge is 0.481 e. The van der Waals surface area contributed by atoms with E-state index in [1.165, 1.54) is 0 Å². The second kappa shape index (κ2) is 11.3. The molecule has 5 aliphatic rings. The van der Waals surface area contributed by atoms with Gasteiger partial charge >= 0.3 is 11.9 Å². The van der Waals surface area contributed by atoms with Gasteiger partial charge in [0.05, 0.1) is 18.3 Å². The fourth-order valence-corrected chi connectivity index (χ4v) is 10.1. The Kier molecular flexibility index (Phi) is 8.57. The Morgan fingerprint density at radius 2 is 1.63 bits per heavy atom. The van der Waals surface area contributed by atoms with Gasteiger partial charge < -0.3 is 45.2 Å². The van der Waals surface area contributed by atoms with Gasteiger partial charge in [0.2, 0.25) is 0 Å². The SMILES string of the molecule is C[C@H](CCC(=O)O)[C@H]1CC[C@H]2[C@@H]3[C@H](O)C[C@@H]4C[C@H](O[C@@H]5O[C@H](C(=O)O)[C@@H](O)C(O)[C@H]5O)CC[C@]4(C)[C@H]3C[C@H](O)[C@]12C. The molecule has 41 heavy (non-hydrogen) atoms. The molecule has 16 atom stereocenters. The third-order valence-corrected chi connectivity index (χ3v) is 12.5. The van der Waals surface area contributed by atoms with E-state index >= 15 is 0 Å². The third kappa shape index (κ3) is 5.13. The lowest BCUT2D eigenvalue weighted by Crippen LogP contribution is -2.63. The minimum Gasteiger partial charge on any atom is -0.481 e. The summed E-state index contributed by atoms with van der Waals surface area (Å²) in [7, 11) is 0. The summed E-state index contributed by atoms with van der Waals surface area (Å²) in [6.07, 6.45) is -4.07. The van der Waals surface area contributed by atoms with Crippen molar-refractivity contribution in [2.75, 3.05) is 0 Å². The van der Waals surface area contributed by atoms with Crippen LogP contribution in [-0.4, -0.2) is 96.7 Å². The van der Waals surface area contributed by atoms with E-state index in [9.17, 15) is 45.3 Å². The van der Waals surface area contributed by atoms with Gasteiger partial charge in [-0.15, -0.1) is 0 Å². The highest BCUT2D eigenvalue weighted by atomic mass is 16.7. The molecule has 11 heteroatoms. The number of carboxylic acids is 2. The summed E-state index contributed by atoms with van der Waals surface area (Å²) >= 11 is 0. The van der Waals surface area contributed by atoms with Crippen molar-refractivity contribution in [1.82, 2.24) is 0 Å². The number of ether oxygens (including phenoxy) is 2. The summed E-state index contributed by atoms with van der Waals surface area (Å²) in [6, 6.07) is 0. The van der Waals surface area contributed by atoms with Crippen LogP contribution in [0, 0.1) is 46.3 Å². The molecular weight excluding hydrogens is 536 g/mol. The van der Waals surface area contributed by atoms with Crippen molar-refractivity contribution in [2.24, 2.45) is 46.3 Å². The number of aliphatic hydroxyl groups is 5. The summed E-state index contributed by atoms with van der Waals surface area (Å²) in [5, 5.41) is 72.5. The van der Waals surface area contributed by atoms with Crippen LogP contribution in [0.5, 0.6) is 0 Å². The molecule has 7 N–H and O–H groups in total. The molecule has 4 aliphatic carbocycles. The number of carbonyl (C=O) groups is 2. The van der Waals surface area contributed by atoms with Crippen LogP contribution in [0.3, 0.4) is 0 Å². The second-order valence-electron chi connectivity index (χ2n) is 14.3. The number of carboxylic acid groups (broad SMARTS) is 2. The van der Waals surface area contributed by atoms with Crippen molar-refractivity contribution in [3.63, 3.8) is 0 Å². The zero-order valence-corrected chi connectivity index (χ0v) is 24.2. The molecule has 1 saturated heterocycles. The Hall–Kier alpha value is -1.34. The standard InChI is InChI=1S/C30H48O11/c1-13(4-7-21(33)34)16-5-6-17-22-18(12-20(32)30(16,17)3)29(2)9-8-15(10-14(29)11-19(22)31)40-28-25(37)23(35)24(36)26(41-28)27(38)39/h13-20,22-26,28,31-32,35-37H,4-12H2,1-3H3,(H,33,34)(H,38,39)/t13-,14+,15-,16-,17+,18+,19-,20+,22+,23?,24+,25-,26+,28-,29+,30-/m1/s1. The molecule has 4 saturated carbocycles. The van der Waals surface area contributed by atoms with Gasteiger partial charge in [-0.25, -0.2) is 4.79 Å². The summed E-state index contributed by atoms with van der Waals surface area (Å²) in [5.74, 6) is -1.49. The highest BCUT2D eigenvalue weighted by Gasteiger charge is 2.66. The topological polar surface area (TPSA) is 194 Å². The summed E-state index contributed by atoms with van der Waals surface area (Å²) in [5.41, 5.74) is -0.519. The second-order valence-corrected chi connectivity index (χ2v) is 14.3. The van der Waals surface area contributed by atoms with E-state index in [1.807, 2.05) is 0 Å². The van der Waals surface area contributed by atoms with Crippen LogP contribution in [0.2, 0.25) is 0 Å². The maximum Gasteiger partial charge on any atom is 0.335 e. The first-order valence-electron chi connectivity index (χ1n) is 15.4. The number of rotatable bonds is 7. The van der Waals surface area contributed by atoms with Crippen molar-refractivity contribution < 1.29 is 54.8 Å². The van der Waals surface area contributed by atoms with Gasteiger partial charge in [-0.3, -0.25) is 4.79 Å². The van der Waals surface area contributed by atoms with E-state index in [4.69, 9.17) is 9.47 Å². The van der Waals surface area contributed by atoms with Crippen LogP contribution in [0.4, 0.5) is 0 Å². The van der Waals surface area contributed by atoms with Crippen LogP contribution in [-0.2, 0) is 19.1 Å². The van der Waals surface area contributed by atoms with Crippen LogP contribution < -0.4 is 0 Å². The minimum absolute atomic E-state index is 0.0512. The smallest absolute Gasteiger partial charge is 0.335 e. The summed E-state index contributed by atoms with van der Waals surface area (Å²) < 4.78 is 11.4. The molecule has 1 unspecified atom stereocenters. The van der Waals surface area contributed by atoms with Crippen LogP contribution in [0.1, 0.15) is 78.6 Å². The van der Waals surface area contributed by atoms with E-state index < -0.39 is 61.0 Å². The zero-order chi connectivity index (χ0) is 30.0. The fraction of sp³-hybridized carbons (Fsp3) is 0.933. The number of aliphatic carboxylic acids is 2. The maximum absolute atomic E-state index is 11.7. The molecule has 234 valence electrons. The zero-order valence-electron chi connectivity index (χ0n) is 24.2. The van der Waals surface area contributed by atoms with Gasteiger partial charge in [-0.2, -0.15) is 0 Å². The Labute approximate surface area is 240 Å². The molecule has 0 bridgehead atoms. The maximum atomic E-state index is 11.7. The fourth-order valence-electron chi connectivity index (χ4n) is 10.1. The van der Waals surface area contributed by atoms with Gasteiger partial charge in [0.25, 0.3) is 0 Å². The van der Waals surface area contributed by atoms with E-state index in [0.717, 1.165) is 19.3 Å². The van der Waals surface area contributed by atoms with Crippen LogP contribution >= 0.6 is 0 Å². The Balaban J connectivity index is 1.30. The van der Waals surface area contributed by atoms with Crippen molar-refractivity contribution >= 4 is 11.9 Å². The molecule has 0 radical (unpaired) electrons. The molecule has 0 aromatic rings. The average Bonchev–Trinajstić information content (AvgIpc) is 3.27. The van der Waals surface area contributed by atoms with Gasteiger partial charge in [0, 0.05) is 6.42 Å². The summed E-state index contributed by atoms with van der Waals surface area (Å²) in [4.78, 5) is 22.7. The summed E-state index contributed by atoms with van der Waals surface area (Å²) in [6.45, 7) is 6.51. The number of aliphatic hydroxyl groups excluding tert-OH is 5. The number of hydrogen-bond acceptors (Lipinski definition) is 9. The molecule has 5 rings (SSSR count). The quantitative estimate of drug-likeness (QED) is 0.214. The van der Waals surface area contributed by atoms with Gasteiger partial charge in [0.1, 0.15) is 18.3 Å². The molecule has 1 aliphatic heterocycles. The molecule has 0 aromatic heterocycles. The van der Waals surface area contributed by atoms with Crippen molar-refractivity contribution in [3.05, 3.63) is 0 Å².